The number of likely N-dealkylation sites (N-methyl/N-ethyl adjacent to an activating group) is 1. The van der Waals surface area contributed by atoms with Crippen LogP contribution in [-0.2, 0) is 17.8 Å². The van der Waals surface area contributed by atoms with E-state index in [-0.39, 0.29) is 11.4 Å². The monoisotopic (exact) mass is 533 g/mol. The SMILES string of the molecule is CCn1nc(OC)c(CNC(=O)c2cc(Cl)cc(NC3(CC)CCC(N(C)CCOC)CC3)c2C)c1C. The molecule has 9 heteroatoms. The lowest BCUT2D eigenvalue weighted by Gasteiger charge is -2.44. The first-order valence-electron chi connectivity index (χ1n) is 13.3. The van der Waals surface area contributed by atoms with Crippen LogP contribution in [0.1, 0.15) is 73.1 Å². The number of nitrogens with one attached hydrogen (secondary N) is 2. The molecular formula is C28H44ClN5O3. The molecule has 37 heavy (non-hydrogen) atoms. The van der Waals surface area contributed by atoms with Gasteiger partial charge in [-0.3, -0.25) is 9.48 Å². The highest BCUT2D eigenvalue weighted by Crippen LogP contribution is 2.38. The van der Waals surface area contributed by atoms with Crippen LogP contribution in [0.5, 0.6) is 5.88 Å². The van der Waals surface area contributed by atoms with Gasteiger partial charge in [0.15, 0.2) is 0 Å². The quantitative estimate of drug-likeness (QED) is 0.390. The molecule has 0 spiro atoms. The zero-order chi connectivity index (χ0) is 27.2. The van der Waals surface area contributed by atoms with Gasteiger partial charge in [-0.1, -0.05) is 18.5 Å². The molecule has 206 valence electrons. The van der Waals surface area contributed by atoms with E-state index in [1.54, 1.807) is 20.3 Å². The smallest absolute Gasteiger partial charge is 0.251 e. The largest absolute Gasteiger partial charge is 0.480 e. The molecule has 0 aliphatic heterocycles. The number of hydrogen-bond acceptors (Lipinski definition) is 6. The summed E-state index contributed by atoms with van der Waals surface area (Å²) in [5.74, 6) is 0.376. The van der Waals surface area contributed by atoms with Crippen molar-refractivity contribution < 1.29 is 14.3 Å². The normalized spacial score (nSPS) is 19.8. The van der Waals surface area contributed by atoms with Gasteiger partial charge in [-0.25, -0.2) is 0 Å². The molecule has 1 aromatic carbocycles. The van der Waals surface area contributed by atoms with Crippen LogP contribution in [0.4, 0.5) is 5.69 Å². The Hall–Kier alpha value is -2.29. The number of carbonyl (C=O) groups excluding carboxylic acids is 1. The van der Waals surface area contributed by atoms with E-state index >= 15 is 0 Å². The lowest BCUT2D eigenvalue weighted by molar-refractivity contribution is 0.0950. The predicted octanol–water partition coefficient (Wildman–Crippen LogP) is 5.19. The van der Waals surface area contributed by atoms with Gasteiger partial charge < -0.3 is 25.0 Å². The molecule has 1 saturated carbocycles. The summed E-state index contributed by atoms with van der Waals surface area (Å²) in [6.45, 7) is 11.0. The average molecular weight is 534 g/mol. The number of amides is 1. The fourth-order valence-electron chi connectivity index (χ4n) is 5.41. The standard InChI is InChI=1S/C28H44ClN5O3/c1-8-28(12-10-22(11-13-28)33(5)14-15-36-6)31-25-17-21(29)16-23(19(25)3)26(35)30-18-24-20(4)34(9-2)32-27(24)37-7/h16-17,22,31H,8-15,18H2,1-7H3,(H,30,35). The summed E-state index contributed by atoms with van der Waals surface area (Å²) in [4.78, 5) is 15.7. The number of nitrogens with zero attached hydrogens (tertiary/aromatic N) is 3. The van der Waals surface area contributed by atoms with Crippen molar-refractivity contribution in [2.24, 2.45) is 0 Å². The van der Waals surface area contributed by atoms with E-state index in [1.165, 1.54) is 0 Å². The predicted molar refractivity (Wildman–Crippen MR) is 150 cm³/mol. The second-order valence-electron chi connectivity index (χ2n) is 10.2. The van der Waals surface area contributed by atoms with Crippen molar-refractivity contribution in [3.63, 3.8) is 0 Å². The van der Waals surface area contributed by atoms with Crippen LogP contribution in [0.15, 0.2) is 12.1 Å². The van der Waals surface area contributed by atoms with Crippen LogP contribution in [0.25, 0.3) is 0 Å². The fourth-order valence-corrected chi connectivity index (χ4v) is 5.62. The third kappa shape index (κ3) is 6.78. The lowest BCUT2D eigenvalue weighted by atomic mass is 9.77. The number of anilines is 1. The van der Waals surface area contributed by atoms with Crippen LogP contribution >= 0.6 is 11.6 Å². The Morgan fingerprint density at radius 3 is 2.54 bits per heavy atom. The van der Waals surface area contributed by atoms with Gasteiger partial charge in [0.05, 0.1) is 25.8 Å². The molecule has 0 radical (unpaired) electrons. The Morgan fingerprint density at radius 2 is 1.95 bits per heavy atom. The molecule has 0 unspecified atom stereocenters. The van der Waals surface area contributed by atoms with Crippen LogP contribution < -0.4 is 15.4 Å². The number of aromatic nitrogens is 2. The van der Waals surface area contributed by atoms with Crippen molar-refractivity contribution in [1.82, 2.24) is 20.0 Å². The molecule has 0 atom stereocenters. The summed E-state index contributed by atoms with van der Waals surface area (Å²) in [5, 5.41) is 11.9. The topological polar surface area (TPSA) is 80.6 Å². The van der Waals surface area contributed by atoms with Gasteiger partial charge in [0, 0.05) is 53.7 Å². The molecule has 1 aliphatic carbocycles. The fraction of sp³-hybridized carbons (Fsp3) is 0.643. The summed E-state index contributed by atoms with van der Waals surface area (Å²) in [6, 6.07) is 4.26. The van der Waals surface area contributed by atoms with Crippen molar-refractivity contribution in [2.45, 2.75) is 84.5 Å². The Kier molecular flexibility index (Phi) is 10.3. The zero-order valence-electron chi connectivity index (χ0n) is 23.5. The number of ether oxygens (including phenoxy) is 2. The van der Waals surface area contributed by atoms with E-state index < -0.39 is 0 Å². The van der Waals surface area contributed by atoms with Gasteiger partial charge in [0.1, 0.15) is 0 Å². The maximum Gasteiger partial charge on any atom is 0.251 e. The summed E-state index contributed by atoms with van der Waals surface area (Å²) in [6.07, 6.45) is 5.40. The first-order chi connectivity index (χ1) is 17.7. The molecule has 1 fully saturated rings. The first kappa shape index (κ1) is 29.3. The molecular weight excluding hydrogens is 490 g/mol. The van der Waals surface area contributed by atoms with Crippen molar-refractivity contribution in [1.29, 1.82) is 0 Å². The van der Waals surface area contributed by atoms with Crippen molar-refractivity contribution in [2.75, 3.05) is 39.7 Å². The molecule has 8 nitrogen and oxygen atoms in total. The molecule has 3 rings (SSSR count). The van der Waals surface area contributed by atoms with Crippen molar-refractivity contribution in [3.05, 3.63) is 39.5 Å². The summed E-state index contributed by atoms with van der Waals surface area (Å²) < 4.78 is 12.6. The molecule has 0 saturated heterocycles. The van der Waals surface area contributed by atoms with Gasteiger partial charge in [0.25, 0.3) is 5.91 Å². The van der Waals surface area contributed by atoms with E-state index in [4.69, 9.17) is 21.1 Å². The van der Waals surface area contributed by atoms with E-state index in [1.807, 2.05) is 31.5 Å². The zero-order valence-corrected chi connectivity index (χ0v) is 24.3. The van der Waals surface area contributed by atoms with E-state index in [0.717, 1.165) is 74.3 Å². The summed E-state index contributed by atoms with van der Waals surface area (Å²) in [5.41, 5.74) is 4.26. The minimum Gasteiger partial charge on any atom is -0.480 e. The molecule has 1 amide bonds. The molecule has 1 heterocycles. The van der Waals surface area contributed by atoms with E-state index in [0.29, 0.717) is 29.1 Å². The number of rotatable bonds is 12. The average Bonchev–Trinajstić information content (AvgIpc) is 3.22. The second-order valence-corrected chi connectivity index (χ2v) is 10.6. The number of aryl methyl sites for hydroxylation is 1. The highest BCUT2D eigenvalue weighted by Gasteiger charge is 2.35. The van der Waals surface area contributed by atoms with Crippen molar-refractivity contribution >= 4 is 23.2 Å². The van der Waals surface area contributed by atoms with Gasteiger partial charge in [-0.2, -0.15) is 0 Å². The maximum atomic E-state index is 13.3. The molecule has 2 N–H and O–H groups in total. The molecule has 1 aromatic heterocycles. The maximum absolute atomic E-state index is 13.3. The van der Waals surface area contributed by atoms with Gasteiger partial charge >= 0.3 is 0 Å². The number of methoxy groups -OCH3 is 2. The number of carbonyl (C=O) groups is 1. The van der Waals surface area contributed by atoms with Crippen molar-refractivity contribution in [3.8, 4) is 5.88 Å². The minimum absolute atomic E-state index is 0.0129. The Bertz CT molecular complexity index is 1060. The molecule has 0 bridgehead atoms. The van der Waals surface area contributed by atoms with Gasteiger partial charge in [-0.05, 0) is 77.6 Å². The van der Waals surface area contributed by atoms with Crippen LogP contribution in [0, 0.1) is 13.8 Å². The minimum atomic E-state index is -0.164. The highest BCUT2D eigenvalue weighted by atomic mass is 35.5. The lowest BCUT2D eigenvalue weighted by Crippen LogP contribution is -2.47. The van der Waals surface area contributed by atoms with Gasteiger partial charge in [-0.15, -0.1) is 5.10 Å². The van der Waals surface area contributed by atoms with Crippen LogP contribution in [0.3, 0.4) is 0 Å². The highest BCUT2D eigenvalue weighted by molar-refractivity contribution is 6.31. The molecule has 2 aromatic rings. The summed E-state index contributed by atoms with van der Waals surface area (Å²) in [7, 11) is 5.54. The van der Waals surface area contributed by atoms with Crippen LogP contribution in [-0.4, -0.2) is 66.6 Å². The number of hydrogen-bond donors (Lipinski definition) is 2. The Labute approximate surface area is 227 Å². The van der Waals surface area contributed by atoms with Crippen LogP contribution in [0.2, 0.25) is 5.02 Å². The Balaban J connectivity index is 1.74. The second kappa shape index (κ2) is 13.0. The number of halogens is 1. The third-order valence-electron chi connectivity index (χ3n) is 8.09. The summed E-state index contributed by atoms with van der Waals surface area (Å²) >= 11 is 6.53. The first-order valence-corrected chi connectivity index (χ1v) is 13.7. The van der Waals surface area contributed by atoms with E-state index in [9.17, 15) is 4.79 Å². The Morgan fingerprint density at radius 1 is 1.24 bits per heavy atom. The number of benzene rings is 1. The third-order valence-corrected chi connectivity index (χ3v) is 8.31. The van der Waals surface area contributed by atoms with Gasteiger partial charge in [0.2, 0.25) is 5.88 Å². The van der Waals surface area contributed by atoms with E-state index in [2.05, 4.69) is 34.6 Å². The molecule has 1 aliphatic rings.